The lowest BCUT2D eigenvalue weighted by Gasteiger charge is -2.34. The van der Waals surface area contributed by atoms with Gasteiger partial charge in [0.25, 0.3) is 5.91 Å². The van der Waals surface area contributed by atoms with Crippen molar-refractivity contribution in [3.8, 4) is 6.07 Å². The molecular formula is C18H15Cl2N3O3S. The topological polar surface area (TPSA) is 81.5 Å². The third-order valence-electron chi connectivity index (χ3n) is 4.33. The number of sulfonamides is 1. The van der Waals surface area contributed by atoms with E-state index in [1.165, 1.54) is 16.4 Å². The molecule has 0 spiro atoms. The van der Waals surface area contributed by atoms with Gasteiger partial charge in [0.15, 0.2) is 0 Å². The first-order valence-electron chi connectivity index (χ1n) is 8.09. The van der Waals surface area contributed by atoms with Gasteiger partial charge in [-0.05, 0) is 24.3 Å². The lowest BCUT2D eigenvalue weighted by Crippen LogP contribution is -2.50. The summed E-state index contributed by atoms with van der Waals surface area (Å²) in [6.07, 6.45) is 0. The van der Waals surface area contributed by atoms with Crippen LogP contribution in [0, 0.1) is 11.3 Å². The van der Waals surface area contributed by atoms with Gasteiger partial charge < -0.3 is 4.90 Å². The monoisotopic (exact) mass is 423 g/mol. The minimum absolute atomic E-state index is 0.0230. The second-order valence-corrected chi connectivity index (χ2v) is 8.60. The van der Waals surface area contributed by atoms with Crippen molar-refractivity contribution in [3.63, 3.8) is 0 Å². The first-order chi connectivity index (χ1) is 12.9. The molecule has 0 atom stereocenters. The highest BCUT2D eigenvalue weighted by molar-refractivity contribution is 7.89. The van der Waals surface area contributed by atoms with Crippen molar-refractivity contribution >= 4 is 39.1 Å². The van der Waals surface area contributed by atoms with Gasteiger partial charge in [-0.15, -0.1) is 0 Å². The summed E-state index contributed by atoms with van der Waals surface area (Å²) in [4.78, 5) is 14.2. The first-order valence-corrected chi connectivity index (χ1v) is 10.3. The largest absolute Gasteiger partial charge is 0.336 e. The van der Waals surface area contributed by atoms with E-state index in [2.05, 4.69) is 0 Å². The molecule has 140 valence electrons. The molecule has 0 radical (unpaired) electrons. The molecule has 1 heterocycles. The van der Waals surface area contributed by atoms with E-state index in [9.17, 15) is 13.2 Å². The maximum Gasteiger partial charge on any atom is 0.255 e. The molecule has 2 aromatic rings. The van der Waals surface area contributed by atoms with Crippen molar-refractivity contribution in [2.45, 2.75) is 4.90 Å². The number of hydrogen-bond donors (Lipinski definition) is 0. The quantitative estimate of drug-likeness (QED) is 0.759. The molecule has 1 aliphatic heterocycles. The van der Waals surface area contributed by atoms with E-state index in [1.807, 2.05) is 6.07 Å². The molecule has 9 heteroatoms. The maximum absolute atomic E-state index is 12.8. The Morgan fingerprint density at radius 3 is 2.33 bits per heavy atom. The summed E-state index contributed by atoms with van der Waals surface area (Å²) >= 11 is 12.1. The molecule has 0 saturated carbocycles. The summed E-state index contributed by atoms with van der Waals surface area (Å²) < 4.78 is 27.0. The van der Waals surface area contributed by atoms with Crippen LogP contribution in [-0.2, 0) is 10.0 Å². The number of halogens is 2. The fourth-order valence-corrected chi connectivity index (χ4v) is 4.84. The van der Waals surface area contributed by atoms with E-state index in [-0.39, 0.29) is 58.2 Å². The summed E-state index contributed by atoms with van der Waals surface area (Å²) in [7, 11) is -3.81. The standard InChI is InChI=1S/C18H15Cl2N3O3S/c19-15-6-3-5-14(17(15)20)18(24)22-8-10-23(11-9-22)27(25,26)16-7-2-1-4-13(16)12-21/h1-7H,8-11H2. The average molecular weight is 424 g/mol. The highest BCUT2D eigenvalue weighted by atomic mass is 35.5. The van der Waals surface area contributed by atoms with Gasteiger partial charge in [-0.3, -0.25) is 4.79 Å². The van der Waals surface area contributed by atoms with Gasteiger partial charge in [0.2, 0.25) is 10.0 Å². The molecule has 1 aliphatic rings. The van der Waals surface area contributed by atoms with E-state index in [0.717, 1.165) is 0 Å². The number of carbonyl (C=O) groups is 1. The Labute approximate surface area is 167 Å². The van der Waals surface area contributed by atoms with Crippen molar-refractivity contribution in [2.24, 2.45) is 0 Å². The molecule has 3 rings (SSSR count). The number of hydrogen-bond acceptors (Lipinski definition) is 4. The van der Waals surface area contributed by atoms with Gasteiger partial charge in [-0.1, -0.05) is 41.4 Å². The van der Waals surface area contributed by atoms with Crippen molar-refractivity contribution in [3.05, 3.63) is 63.6 Å². The van der Waals surface area contributed by atoms with Crippen LogP contribution in [-0.4, -0.2) is 49.7 Å². The summed E-state index contributed by atoms with van der Waals surface area (Å²) in [5.41, 5.74) is 0.386. The number of benzene rings is 2. The zero-order valence-electron chi connectivity index (χ0n) is 14.1. The van der Waals surface area contributed by atoms with Crippen molar-refractivity contribution in [1.82, 2.24) is 9.21 Å². The zero-order chi connectivity index (χ0) is 19.6. The van der Waals surface area contributed by atoms with Gasteiger partial charge in [-0.2, -0.15) is 9.57 Å². The van der Waals surface area contributed by atoms with Crippen LogP contribution in [0.1, 0.15) is 15.9 Å². The summed E-state index contributed by atoms with van der Waals surface area (Å²) in [5, 5.41) is 9.63. The molecule has 1 amide bonds. The number of rotatable bonds is 3. The summed E-state index contributed by atoms with van der Waals surface area (Å²) in [6.45, 7) is 0.698. The maximum atomic E-state index is 12.8. The predicted octanol–water partition coefficient (Wildman–Crippen LogP) is 3.01. The fourth-order valence-electron chi connectivity index (χ4n) is 2.89. The SMILES string of the molecule is N#Cc1ccccc1S(=O)(=O)N1CCN(C(=O)c2cccc(Cl)c2Cl)CC1. The van der Waals surface area contributed by atoms with Gasteiger partial charge in [0, 0.05) is 26.2 Å². The number of amides is 1. The van der Waals surface area contributed by atoms with E-state index in [4.69, 9.17) is 28.5 Å². The molecule has 0 bridgehead atoms. The van der Waals surface area contributed by atoms with Crippen molar-refractivity contribution in [2.75, 3.05) is 26.2 Å². The van der Waals surface area contributed by atoms with Crippen LogP contribution < -0.4 is 0 Å². The molecule has 6 nitrogen and oxygen atoms in total. The van der Waals surface area contributed by atoms with Gasteiger partial charge in [-0.25, -0.2) is 8.42 Å². The molecular weight excluding hydrogens is 409 g/mol. The average Bonchev–Trinajstić information content (AvgIpc) is 2.69. The van der Waals surface area contributed by atoms with Crippen LogP contribution in [0.4, 0.5) is 0 Å². The van der Waals surface area contributed by atoms with Gasteiger partial charge in [0.1, 0.15) is 6.07 Å². The number of nitriles is 1. The Morgan fingerprint density at radius 1 is 1.00 bits per heavy atom. The summed E-state index contributed by atoms with van der Waals surface area (Å²) in [6, 6.07) is 12.8. The molecule has 0 N–H and O–H groups in total. The van der Waals surface area contributed by atoms with Crippen LogP contribution in [0.15, 0.2) is 47.4 Å². The third kappa shape index (κ3) is 3.80. The minimum atomic E-state index is -3.81. The minimum Gasteiger partial charge on any atom is -0.336 e. The molecule has 2 aromatic carbocycles. The normalized spacial score (nSPS) is 15.4. The number of carbonyl (C=O) groups excluding carboxylic acids is 1. The smallest absolute Gasteiger partial charge is 0.255 e. The molecule has 0 unspecified atom stereocenters. The van der Waals surface area contributed by atoms with E-state index in [0.29, 0.717) is 0 Å². The zero-order valence-corrected chi connectivity index (χ0v) is 16.4. The van der Waals surface area contributed by atoms with Crippen molar-refractivity contribution < 1.29 is 13.2 Å². The van der Waals surface area contributed by atoms with Crippen LogP contribution >= 0.6 is 23.2 Å². The van der Waals surface area contributed by atoms with E-state index >= 15 is 0 Å². The van der Waals surface area contributed by atoms with Crippen LogP contribution in [0.25, 0.3) is 0 Å². The van der Waals surface area contributed by atoms with Crippen molar-refractivity contribution in [1.29, 1.82) is 5.26 Å². The summed E-state index contributed by atoms with van der Waals surface area (Å²) in [5.74, 6) is -0.294. The number of piperazine rings is 1. The Morgan fingerprint density at radius 2 is 1.67 bits per heavy atom. The molecule has 27 heavy (non-hydrogen) atoms. The first kappa shape index (κ1) is 19.6. The Bertz CT molecular complexity index is 1030. The van der Waals surface area contributed by atoms with Gasteiger partial charge >= 0.3 is 0 Å². The van der Waals surface area contributed by atoms with Crippen LogP contribution in [0.2, 0.25) is 10.0 Å². The van der Waals surface area contributed by atoms with Crippen LogP contribution in [0.5, 0.6) is 0 Å². The van der Waals surface area contributed by atoms with E-state index in [1.54, 1.807) is 35.2 Å². The highest BCUT2D eigenvalue weighted by Gasteiger charge is 2.32. The highest BCUT2D eigenvalue weighted by Crippen LogP contribution is 2.27. The van der Waals surface area contributed by atoms with Gasteiger partial charge in [0.05, 0.1) is 26.1 Å². The molecule has 1 fully saturated rings. The number of nitrogens with zero attached hydrogens (tertiary/aromatic N) is 3. The fraction of sp³-hybridized carbons (Fsp3) is 0.222. The lowest BCUT2D eigenvalue weighted by molar-refractivity contribution is 0.0698. The Kier molecular flexibility index (Phi) is 5.72. The second kappa shape index (κ2) is 7.87. The molecule has 0 aliphatic carbocycles. The third-order valence-corrected chi connectivity index (χ3v) is 7.11. The predicted molar refractivity (Wildman–Crippen MR) is 102 cm³/mol. The van der Waals surface area contributed by atoms with Crippen LogP contribution in [0.3, 0.4) is 0 Å². The van der Waals surface area contributed by atoms with E-state index < -0.39 is 10.0 Å². The molecule has 1 saturated heterocycles. The Balaban J connectivity index is 1.76. The molecule has 0 aromatic heterocycles. The Hall–Kier alpha value is -2.11. The lowest BCUT2D eigenvalue weighted by atomic mass is 10.2. The second-order valence-electron chi connectivity index (χ2n) is 5.91.